The first-order chi connectivity index (χ1) is 14.7. The van der Waals surface area contributed by atoms with Crippen molar-refractivity contribution in [2.75, 3.05) is 5.75 Å². The maximum Gasteiger partial charge on any atom is 1.00 e. The molecule has 1 aliphatic rings. The summed E-state index contributed by atoms with van der Waals surface area (Å²) in [4.78, 5) is 5.32. The van der Waals surface area contributed by atoms with Gasteiger partial charge in [0, 0.05) is 30.7 Å². The average Bonchev–Trinajstić information content (AvgIpc) is 3.36. The Hall–Kier alpha value is 0.530. The number of hydrogen-bond acceptors (Lipinski definition) is 5. The maximum absolute atomic E-state index is 11.1. The molecular formula is C25H28Na2O3S3. The van der Waals surface area contributed by atoms with E-state index in [4.69, 9.17) is 0 Å². The molecule has 1 unspecified atom stereocenters. The summed E-state index contributed by atoms with van der Waals surface area (Å²) < 4.78 is 33.3. The van der Waals surface area contributed by atoms with Crippen molar-refractivity contribution in [2.24, 2.45) is 0 Å². The van der Waals surface area contributed by atoms with Crippen molar-refractivity contribution in [3.63, 3.8) is 0 Å². The fraction of sp³-hybridized carbons (Fsp3) is 0.400. The standard InChI is InChI=1S/C25H29O3S3.2Na/c1-4-5-12-25(13-6-7-14-31(26,27)28)20-15-18(3)29-23(20)24-21(25)16-22(30-24)19-10-8-17(2)9-11-19;;/h8-11,15-16H,1,4-7,12-14H2,2-3H3,(H,26,27,28);;/q-1;2*+1/p-1. The summed E-state index contributed by atoms with van der Waals surface area (Å²) in [6, 6.07) is 13.4. The molecule has 1 aliphatic carbocycles. The number of hydrogen-bond donors (Lipinski definition) is 0. The Balaban J connectivity index is 0.00000193. The van der Waals surface area contributed by atoms with Crippen LogP contribution in [-0.4, -0.2) is 18.7 Å². The number of thiophene rings is 2. The van der Waals surface area contributed by atoms with Crippen molar-refractivity contribution in [3.8, 4) is 20.2 Å². The third-order valence-corrected chi connectivity index (χ3v) is 9.45. The van der Waals surface area contributed by atoms with E-state index in [0.717, 1.165) is 32.1 Å². The van der Waals surface area contributed by atoms with Gasteiger partial charge >= 0.3 is 59.1 Å². The molecule has 3 nitrogen and oxygen atoms in total. The van der Waals surface area contributed by atoms with Crippen LogP contribution in [0.2, 0.25) is 0 Å². The van der Waals surface area contributed by atoms with Crippen LogP contribution in [-0.2, 0) is 15.5 Å². The van der Waals surface area contributed by atoms with Gasteiger partial charge in [-0.2, -0.15) is 6.42 Å². The van der Waals surface area contributed by atoms with E-state index in [2.05, 4.69) is 57.2 Å². The molecule has 0 bridgehead atoms. The number of aryl methyl sites for hydroxylation is 2. The molecule has 2 heterocycles. The minimum absolute atomic E-state index is 0. The smallest absolute Gasteiger partial charge is 0.748 e. The Kier molecular flexibility index (Phi) is 11.0. The molecule has 0 N–H and O–H groups in total. The van der Waals surface area contributed by atoms with Crippen molar-refractivity contribution >= 4 is 32.8 Å². The van der Waals surface area contributed by atoms with Gasteiger partial charge in [0.05, 0.1) is 10.1 Å². The normalized spacial score (nSPS) is 16.6. The zero-order valence-corrected chi connectivity index (χ0v) is 26.5. The molecule has 0 radical (unpaired) electrons. The number of fused-ring (bicyclic) bond motifs is 3. The van der Waals surface area contributed by atoms with Crippen LogP contribution < -0.4 is 59.1 Å². The second-order valence-electron chi connectivity index (χ2n) is 8.58. The van der Waals surface area contributed by atoms with Crippen LogP contribution in [0.25, 0.3) is 20.2 Å². The van der Waals surface area contributed by atoms with Gasteiger partial charge in [-0.05, 0) is 61.9 Å². The van der Waals surface area contributed by atoms with Crippen molar-refractivity contribution in [1.82, 2.24) is 0 Å². The first kappa shape index (κ1) is 29.8. The Morgan fingerprint density at radius 1 is 0.909 bits per heavy atom. The summed E-state index contributed by atoms with van der Waals surface area (Å²) in [6.07, 6.45) is 4.90. The van der Waals surface area contributed by atoms with Crippen molar-refractivity contribution in [1.29, 1.82) is 0 Å². The van der Waals surface area contributed by atoms with E-state index in [1.54, 1.807) is 0 Å². The van der Waals surface area contributed by atoms with Gasteiger partial charge < -0.3 is 11.5 Å². The summed E-state index contributed by atoms with van der Waals surface area (Å²) >= 11 is 3.72. The van der Waals surface area contributed by atoms with E-state index in [1.165, 1.54) is 41.8 Å². The van der Waals surface area contributed by atoms with Gasteiger partial charge in [0.25, 0.3) is 0 Å². The zero-order valence-electron chi connectivity index (χ0n) is 20.1. The van der Waals surface area contributed by atoms with Gasteiger partial charge in [0.15, 0.2) is 0 Å². The number of benzene rings is 1. The van der Waals surface area contributed by atoms with Crippen molar-refractivity contribution in [3.05, 3.63) is 64.9 Å². The zero-order chi connectivity index (χ0) is 22.2. The van der Waals surface area contributed by atoms with Crippen LogP contribution in [0.4, 0.5) is 0 Å². The molecule has 2 aromatic heterocycles. The van der Waals surface area contributed by atoms with Crippen molar-refractivity contribution < 1.29 is 72.1 Å². The minimum atomic E-state index is -4.16. The first-order valence-electron chi connectivity index (χ1n) is 10.8. The van der Waals surface area contributed by atoms with Gasteiger partial charge in [-0.15, -0.1) is 22.7 Å². The van der Waals surface area contributed by atoms with Crippen LogP contribution in [0.1, 0.15) is 60.1 Å². The van der Waals surface area contributed by atoms with Gasteiger partial charge in [0.1, 0.15) is 0 Å². The van der Waals surface area contributed by atoms with Crippen LogP contribution in [0.15, 0.2) is 36.4 Å². The molecule has 1 atom stereocenters. The molecular weight excluding hydrogens is 490 g/mol. The fourth-order valence-electron chi connectivity index (χ4n) is 4.75. The molecule has 1 aromatic carbocycles. The van der Waals surface area contributed by atoms with E-state index < -0.39 is 10.1 Å². The molecule has 0 saturated carbocycles. The largest absolute Gasteiger partial charge is 1.00 e. The second-order valence-corrected chi connectivity index (χ2v) is 12.4. The fourth-order valence-corrected chi connectivity index (χ4v) is 7.85. The molecule has 4 rings (SSSR count). The predicted molar refractivity (Wildman–Crippen MR) is 131 cm³/mol. The average molecular weight is 519 g/mol. The summed E-state index contributed by atoms with van der Waals surface area (Å²) in [6.45, 7) is 8.33. The molecule has 166 valence electrons. The topological polar surface area (TPSA) is 57.2 Å². The monoisotopic (exact) mass is 518 g/mol. The number of unbranched alkanes of at least 4 members (excludes halogenated alkanes) is 2. The van der Waals surface area contributed by atoms with Gasteiger partial charge in [-0.25, -0.2) is 8.42 Å². The SMILES string of the molecule is [CH2-]CCCC1(CCCCS(=O)(=O)[O-])c2cc(C)sc2-c2sc(-c3ccc(C)cc3)cc21.[Na+].[Na+]. The van der Waals surface area contributed by atoms with Gasteiger partial charge in [-0.3, -0.25) is 0 Å². The first-order valence-corrected chi connectivity index (χ1v) is 14.0. The van der Waals surface area contributed by atoms with E-state index in [-0.39, 0.29) is 70.3 Å². The third-order valence-electron chi connectivity index (χ3n) is 6.26. The van der Waals surface area contributed by atoms with Gasteiger partial charge in [0.2, 0.25) is 0 Å². The minimum Gasteiger partial charge on any atom is -0.748 e. The Morgan fingerprint density at radius 3 is 2.15 bits per heavy atom. The van der Waals surface area contributed by atoms with Crippen LogP contribution in [0.5, 0.6) is 0 Å². The molecule has 0 spiro atoms. The maximum atomic E-state index is 11.1. The van der Waals surface area contributed by atoms with E-state index in [1.807, 2.05) is 22.7 Å². The van der Waals surface area contributed by atoms with Crippen LogP contribution in [0.3, 0.4) is 0 Å². The van der Waals surface area contributed by atoms with Crippen LogP contribution in [0, 0.1) is 20.8 Å². The van der Waals surface area contributed by atoms with Crippen LogP contribution >= 0.6 is 22.7 Å². The quantitative estimate of drug-likeness (QED) is 0.185. The van der Waals surface area contributed by atoms with E-state index in [9.17, 15) is 13.0 Å². The Labute approximate surface area is 250 Å². The third kappa shape index (κ3) is 6.46. The summed E-state index contributed by atoms with van der Waals surface area (Å²) in [7, 11) is -4.16. The summed E-state index contributed by atoms with van der Waals surface area (Å²) in [5, 5.41) is 0. The molecule has 0 amide bonds. The van der Waals surface area contributed by atoms with Gasteiger partial charge in [-0.1, -0.05) is 42.7 Å². The summed E-state index contributed by atoms with van der Waals surface area (Å²) in [5.74, 6) is -0.279. The molecule has 33 heavy (non-hydrogen) atoms. The Bertz CT molecular complexity index is 1180. The molecule has 0 aliphatic heterocycles. The summed E-state index contributed by atoms with van der Waals surface area (Å²) in [5.41, 5.74) is 5.16. The molecule has 8 heteroatoms. The molecule has 0 fully saturated rings. The molecule has 0 saturated heterocycles. The van der Waals surface area contributed by atoms with Crippen molar-refractivity contribution in [2.45, 2.75) is 57.8 Å². The predicted octanol–water partition coefficient (Wildman–Crippen LogP) is 1.09. The van der Waals surface area contributed by atoms with E-state index >= 15 is 0 Å². The van der Waals surface area contributed by atoms with E-state index in [0.29, 0.717) is 6.42 Å². The second kappa shape index (κ2) is 12.2. The Morgan fingerprint density at radius 2 is 1.52 bits per heavy atom. The number of rotatable bonds is 9. The molecule has 3 aromatic rings.